The number of carboxylic acid groups (broad SMARTS) is 1. The molecule has 3 aromatic heterocycles. The molecule has 2 N–H and O–H groups in total. The zero-order valence-electron chi connectivity index (χ0n) is 19.8. The van der Waals surface area contributed by atoms with Crippen molar-refractivity contribution in [2.45, 2.75) is 13.0 Å². The smallest absolute Gasteiger partial charge is 0.407 e. The Morgan fingerprint density at radius 3 is 2.92 bits per heavy atom. The number of carbonyl (C=O) groups is 1. The molecule has 188 valence electrons. The minimum absolute atomic E-state index is 0.249. The molecule has 0 radical (unpaired) electrons. The third kappa shape index (κ3) is 4.37. The molecule has 1 aromatic carbocycles. The number of rotatable bonds is 4. The SMILES string of the molecule is Cc1cc(Nc2ncnc3cc4c(nc23)N2CCN(C(=O)O)[C@H](CO4)C2)ccc1Oc1cncc(F)c1. The van der Waals surface area contributed by atoms with Gasteiger partial charge in [-0.2, -0.15) is 0 Å². The quantitative estimate of drug-likeness (QED) is 0.423. The van der Waals surface area contributed by atoms with Gasteiger partial charge in [-0.15, -0.1) is 0 Å². The summed E-state index contributed by atoms with van der Waals surface area (Å²) < 4.78 is 25.2. The third-order valence-electron chi connectivity index (χ3n) is 6.36. The van der Waals surface area contributed by atoms with Crippen molar-refractivity contribution in [2.75, 3.05) is 36.5 Å². The highest BCUT2D eigenvalue weighted by Crippen LogP contribution is 2.36. The van der Waals surface area contributed by atoms with Gasteiger partial charge in [0.05, 0.1) is 24.0 Å². The predicted molar refractivity (Wildman–Crippen MR) is 132 cm³/mol. The van der Waals surface area contributed by atoms with Gasteiger partial charge in [0.2, 0.25) is 0 Å². The summed E-state index contributed by atoms with van der Waals surface area (Å²) in [6, 6.07) is 8.29. The lowest BCUT2D eigenvalue weighted by Gasteiger charge is -2.37. The summed E-state index contributed by atoms with van der Waals surface area (Å²) in [4.78, 5) is 32.5. The van der Waals surface area contributed by atoms with Gasteiger partial charge in [0, 0.05) is 37.5 Å². The van der Waals surface area contributed by atoms with Gasteiger partial charge in [-0.1, -0.05) is 0 Å². The summed E-state index contributed by atoms with van der Waals surface area (Å²) in [5.74, 6) is 2.13. The van der Waals surface area contributed by atoms with Crippen LogP contribution in [-0.2, 0) is 0 Å². The van der Waals surface area contributed by atoms with Crippen molar-refractivity contribution in [3.05, 3.63) is 60.4 Å². The molecule has 0 saturated carbocycles. The Bertz CT molecular complexity index is 1520. The summed E-state index contributed by atoms with van der Waals surface area (Å²) in [5.41, 5.74) is 2.74. The minimum Gasteiger partial charge on any atom is -0.487 e. The van der Waals surface area contributed by atoms with E-state index in [1.54, 1.807) is 6.07 Å². The number of ether oxygens (including phenoxy) is 2. The maximum Gasteiger partial charge on any atom is 0.407 e. The van der Waals surface area contributed by atoms with Gasteiger partial charge in [0.25, 0.3) is 0 Å². The van der Waals surface area contributed by atoms with Crippen LogP contribution in [-0.4, -0.2) is 68.3 Å². The van der Waals surface area contributed by atoms with Gasteiger partial charge in [-0.25, -0.2) is 24.1 Å². The van der Waals surface area contributed by atoms with E-state index >= 15 is 0 Å². The van der Waals surface area contributed by atoms with Gasteiger partial charge < -0.3 is 24.8 Å². The highest BCUT2D eigenvalue weighted by Gasteiger charge is 2.35. The second-order valence-electron chi connectivity index (χ2n) is 8.83. The Kier molecular flexibility index (Phi) is 5.55. The van der Waals surface area contributed by atoms with E-state index in [4.69, 9.17) is 14.5 Å². The van der Waals surface area contributed by atoms with Crippen LogP contribution in [0.25, 0.3) is 11.0 Å². The first kappa shape index (κ1) is 22.7. The van der Waals surface area contributed by atoms with Crippen LogP contribution in [0.2, 0.25) is 0 Å². The number of nitrogens with zero attached hydrogens (tertiary/aromatic N) is 6. The number of nitrogens with one attached hydrogen (secondary N) is 1. The molecule has 1 fully saturated rings. The zero-order valence-corrected chi connectivity index (χ0v) is 19.8. The molecule has 37 heavy (non-hydrogen) atoms. The monoisotopic (exact) mass is 503 g/mol. The molecule has 0 aliphatic carbocycles. The number of hydrogen-bond donors (Lipinski definition) is 2. The van der Waals surface area contributed by atoms with Crippen molar-refractivity contribution in [1.29, 1.82) is 0 Å². The molecule has 6 rings (SSSR count). The number of piperazine rings is 1. The van der Waals surface area contributed by atoms with Crippen LogP contribution < -0.4 is 19.7 Å². The van der Waals surface area contributed by atoms with Crippen molar-refractivity contribution in [1.82, 2.24) is 24.8 Å². The number of anilines is 3. The average Bonchev–Trinajstić information content (AvgIpc) is 3.01. The number of halogens is 1. The van der Waals surface area contributed by atoms with Crippen molar-refractivity contribution < 1.29 is 23.8 Å². The molecular formula is C25H22FN7O4. The molecule has 0 spiro atoms. The normalized spacial score (nSPS) is 16.5. The maximum absolute atomic E-state index is 13.4. The Hall–Kier alpha value is -4.74. The molecule has 4 aromatic rings. The fourth-order valence-electron chi connectivity index (χ4n) is 4.56. The summed E-state index contributed by atoms with van der Waals surface area (Å²) >= 11 is 0. The fraction of sp³-hybridized carbons (Fsp3) is 0.240. The van der Waals surface area contributed by atoms with Crippen LogP contribution in [0.15, 0.2) is 49.1 Å². The third-order valence-corrected chi connectivity index (χ3v) is 6.36. The highest BCUT2D eigenvalue weighted by atomic mass is 19.1. The molecule has 2 aliphatic rings. The molecule has 1 amide bonds. The van der Waals surface area contributed by atoms with E-state index in [0.29, 0.717) is 59.6 Å². The second-order valence-corrected chi connectivity index (χ2v) is 8.83. The van der Waals surface area contributed by atoms with E-state index in [1.807, 2.05) is 30.0 Å². The van der Waals surface area contributed by atoms with Crippen LogP contribution in [0.5, 0.6) is 17.2 Å². The number of aromatic nitrogens is 4. The predicted octanol–water partition coefficient (Wildman–Crippen LogP) is 3.96. The maximum atomic E-state index is 13.4. The molecule has 0 unspecified atom stereocenters. The number of hydrogen-bond acceptors (Lipinski definition) is 9. The Morgan fingerprint density at radius 1 is 1.22 bits per heavy atom. The molecular weight excluding hydrogens is 481 g/mol. The van der Waals surface area contributed by atoms with E-state index < -0.39 is 11.9 Å². The largest absolute Gasteiger partial charge is 0.487 e. The van der Waals surface area contributed by atoms with E-state index in [1.165, 1.54) is 23.5 Å². The zero-order chi connectivity index (χ0) is 25.5. The van der Waals surface area contributed by atoms with E-state index in [-0.39, 0.29) is 12.6 Å². The minimum atomic E-state index is -0.950. The number of benzene rings is 1. The van der Waals surface area contributed by atoms with Crippen molar-refractivity contribution in [3.63, 3.8) is 0 Å². The number of pyridine rings is 2. The lowest BCUT2D eigenvalue weighted by atomic mass is 10.2. The molecule has 12 heteroatoms. The molecule has 1 atom stereocenters. The van der Waals surface area contributed by atoms with Crippen LogP contribution in [0.4, 0.5) is 26.5 Å². The molecule has 1 saturated heterocycles. The second kappa shape index (κ2) is 9.04. The van der Waals surface area contributed by atoms with Crippen LogP contribution in [0.1, 0.15) is 5.56 Å². The Labute approximate surface area is 210 Å². The lowest BCUT2D eigenvalue weighted by molar-refractivity contribution is 0.101. The summed E-state index contributed by atoms with van der Waals surface area (Å²) in [6.07, 6.45) is 3.06. The highest BCUT2D eigenvalue weighted by molar-refractivity contribution is 5.90. The summed E-state index contributed by atoms with van der Waals surface area (Å²) in [6.45, 7) is 3.51. The van der Waals surface area contributed by atoms with E-state index in [0.717, 1.165) is 17.4 Å². The molecule has 11 nitrogen and oxygen atoms in total. The van der Waals surface area contributed by atoms with Crippen molar-refractivity contribution in [2.24, 2.45) is 0 Å². The Morgan fingerprint density at radius 2 is 2.11 bits per heavy atom. The van der Waals surface area contributed by atoms with Gasteiger partial charge in [-0.05, 0) is 30.7 Å². The molecule has 2 aliphatic heterocycles. The number of amides is 1. The van der Waals surface area contributed by atoms with Gasteiger partial charge >= 0.3 is 6.09 Å². The van der Waals surface area contributed by atoms with Crippen molar-refractivity contribution in [3.8, 4) is 17.2 Å². The first-order valence-corrected chi connectivity index (χ1v) is 11.6. The fourth-order valence-corrected chi connectivity index (χ4v) is 4.56. The lowest BCUT2D eigenvalue weighted by Crippen LogP contribution is -2.56. The topological polar surface area (TPSA) is 126 Å². The standard InChI is InChI=1S/C25H22FN7O4/c1-14-6-16(2-3-20(14)37-18-7-15(26)9-27-10-18)30-23-22-19(28-13-29-23)8-21-24(31-22)32-4-5-33(25(34)35)17(11-32)12-36-21/h2-3,6-10,13,17H,4-5,11-12H2,1H3,(H,34,35)(H,28,29,30)/t17-/m0/s1. The van der Waals surface area contributed by atoms with Gasteiger partial charge in [0.1, 0.15) is 35.8 Å². The summed E-state index contributed by atoms with van der Waals surface area (Å²) in [7, 11) is 0. The van der Waals surface area contributed by atoms with E-state index in [2.05, 4.69) is 20.3 Å². The van der Waals surface area contributed by atoms with Gasteiger partial charge in [-0.3, -0.25) is 9.88 Å². The molecule has 2 bridgehead atoms. The first-order chi connectivity index (χ1) is 17.9. The van der Waals surface area contributed by atoms with Crippen LogP contribution in [0, 0.1) is 12.7 Å². The van der Waals surface area contributed by atoms with Crippen LogP contribution in [0.3, 0.4) is 0 Å². The number of fused-ring (bicyclic) bond motifs is 5. The number of aryl methyl sites for hydroxylation is 1. The van der Waals surface area contributed by atoms with E-state index in [9.17, 15) is 14.3 Å². The van der Waals surface area contributed by atoms with Crippen molar-refractivity contribution >= 4 is 34.4 Å². The molecule has 5 heterocycles. The van der Waals surface area contributed by atoms with Crippen LogP contribution >= 0.6 is 0 Å². The first-order valence-electron chi connectivity index (χ1n) is 11.6. The average molecular weight is 503 g/mol. The Balaban J connectivity index is 1.28. The van der Waals surface area contributed by atoms with Gasteiger partial charge in [0.15, 0.2) is 17.4 Å². The summed E-state index contributed by atoms with van der Waals surface area (Å²) in [5, 5.41) is 12.8.